The molecule has 0 aliphatic carbocycles. The molecule has 0 atom stereocenters. The Labute approximate surface area is 85.6 Å². The minimum atomic E-state index is -1.19. The Kier molecular flexibility index (Phi) is 2.21. The van der Waals surface area contributed by atoms with Crippen molar-refractivity contribution in [1.82, 2.24) is 0 Å². The summed E-state index contributed by atoms with van der Waals surface area (Å²) in [6.45, 7) is 0. The zero-order valence-corrected chi connectivity index (χ0v) is 7.81. The van der Waals surface area contributed by atoms with Crippen molar-refractivity contribution < 1.29 is 9.90 Å². The SMILES string of the molecule is O=C(O)c1cc2ccccc2ccc1=O. The minimum Gasteiger partial charge on any atom is -0.478 e. The summed E-state index contributed by atoms with van der Waals surface area (Å²) in [7, 11) is 0. The maximum Gasteiger partial charge on any atom is 0.339 e. The van der Waals surface area contributed by atoms with Gasteiger partial charge in [-0.3, -0.25) is 4.79 Å². The number of aromatic carboxylic acids is 1. The van der Waals surface area contributed by atoms with Gasteiger partial charge < -0.3 is 5.11 Å². The van der Waals surface area contributed by atoms with E-state index in [-0.39, 0.29) is 5.56 Å². The molecule has 1 N–H and O–H groups in total. The van der Waals surface area contributed by atoms with Gasteiger partial charge in [0.2, 0.25) is 0 Å². The van der Waals surface area contributed by atoms with Crippen molar-refractivity contribution in [1.29, 1.82) is 0 Å². The largest absolute Gasteiger partial charge is 0.478 e. The molecule has 0 aliphatic heterocycles. The standard InChI is InChI=1S/C12H8O3/c13-11-6-5-8-3-1-2-4-9(8)7-10(11)12(14)15/h1-7H,(H,14,15). The second-order valence-corrected chi connectivity index (χ2v) is 3.19. The number of rotatable bonds is 1. The van der Waals surface area contributed by atoms with Gasteiger partial charge in [-0.1, -0.05) is 30.3 Å². The highest BCUT2D eigenvalue weighted by molar-refractivity contribution is 5.92. The Morgan fingerprint density at radius 1 is 1.00 bits per heavy atom. The third-order valence-corrected chi connectivity index (χ3v) is 2.21. The van der Waals surface area contributed by atoms with Gasteiger partial charge in [-0.25, -0.2) is 4.79 Å². The molecule has 0 radical (unpaired) electrons. The predicted molar refractivity (Wildman–Crippen MR) is 57.2 cm³/mol. The highest BCUT2D eigenvalue weighted by atomic mass is 16.4. The van der Waals surface area contributed by atoms with Gasteiger partial charge in [0.15, 0.2) is 5.43 Å². The van der Waals surface area contributed by atoms with Crippen molar-refractivity contribution in [2.24, 2.45) is 0 Å². The van der Waals surface area contributed by atoms with Crippen molar-refractivity contribution in [2.45, 2.75) is 0 Å². The first-order valence-electron chi connectivity index (χ1n) is 4.45. The molecule has 2 rings (SSSR count). The lowest BCUT2D eigenvalue weighted by molar-refractivity contribution is 0.0696. The van der Waals surface area contributed by atoms with Crippen molar-refractivity contribution in [3.63, 3.8) is 0 Å². The van der Waals surface area contributed by atoms with Crippen LogP contribution in [0.15, 0.2) is 47.3 Å². The summed E-state index contributed by atoms with van der Waals surface area (Å²) < 4.78 is 0. The van der Waals surface area contributed by atoms with E-state index in [0.717, 1.165) is 10.8 Å². The van der Waals surface area contributed by atoms with Crippen LogP contribution in [0.3, 0.4) is 0 Å². The fourth-order valence-corrected chi connectivity index (χ4v) is 1.44. The summed E-state index contributed by atoms with van der Waals surface area (Å²) in [5.41, 5.74) is -0.671. The number of fused-ring (bicyclic) bond motifs is 1. The lowest BCUT2D eigenvalue weighted by atomic mass is 10.2. The topological polar surface area (TPSA) is 54.4 Å². The molecule has 0 fully saturated rings. The molecule has 0 unspecified atom stereocenters. The third kappa shape index (κ3) is 1.72. The van der Waals surface area contributed by atoms with E-state index in [4.69, 9.17) is 5.11 Å². The van der Waals surface area contributed by atoms with Gasteiger partial charge in [0.05, 0.1) is 0 Å². The number of carboxylic acids is 1. The fourth-order valence-electron chi connectivity index (χ4n) is 1.44. The molecule has 3 heteroatoms. The van der Waals surface area contributed by atoms with E-state index in [1.54, 1.807) is 18.2 Å². The Hall–Kier alpha value is -2.16. The van der Waals surface area contributed by atoms with Gasteiger partial charge >= 0.3 is 5.97 Å². The van der Waals surface area contributed by atoms with Crippen LogP contribution in [0.5, 0.6) is 0 Å². The van der Waals surface area contributed by atoms with Crippen LogP contribution in [0.1, 0.15) is 10.4 Å². The summed E-state index contributed by atoms with van der Waals surface area (Å²) in [6, 6.07) is 11.6. The Morgan fingerprint density at radius 3 is 2.33 bits per heavy atom. The molecule has 0 aliphatic rings. The van der Waals surface area contributed by atoms with Crippen LogP contribution < -0.4 is 5.43 Å². The monoisotopic (exact) mass is 200 g/mol. The molecule has 0 heterocycles. The van der Waals surface area contributed by atoms with Crippen molar-refractivity contribution in [3.8, 4) is 0 Å². The fraction of sp³-hybridized carbons (Fsp3) is 0. The van der Waals surface area contributed by atoms with E-state index >= 15 is 0 Å². The molecule has 0 saturated heterocycles. The quantitative estimate of drug-likeness (QED) is 0.764. The van der Waals surface area contributed by atoms with E-state index in [1.807, 2.05) is 12.1 Å². The van der Waals surface area contributed by atoms with Crippen LogP contribution in [0.25, 0.3) is 10.8 Å². The van der Waals surface area contributed by atoms with Crippen LogP contribution in [-0.4, -0.2) is 11.1 Å². The maximum atomic E-state index is 11.4. The van der Waals surface area contributed by atoms with Crippen LogP contribution in [0.4, 0.5) is 0 Å². The van der Waals surface area contributed by atoms with Crippen LogP contribution in [0.2, 0.25) is 0 Å². The highest BCUT2D eigenvalue weighted by Crippen LogP contribution is 2.11. The summed E-state index contributed by atoms with van der Waals surface area (Å²) >= 11 is 0. The summed E-state index contributed by atoms with van der Waals surface area (Å²) in [6.07, 6.45) is 0. The van der Waals surface area contributed by atoms with Gasteiger partial charge in [-0.15, -0.1) is 0 Å². The maximum absolute atomic E-state index is 11.4. The van der Waals surface area contributed by atoms with Gasteiger partial charge in [0.25, 0.3) is 0 Å². The Bertz CT molecular complexity index is 588. The van der Waals surface area contributed by atoms with Gasteiger partial charge in [0.1, 0.15) is 5.56 Å². The van der Waals surface area contributed by atoms with E-state index in [9.17, 15) is 9.59 Å². The molecular weight excluding hydrogens is 192 g/mol. The molecular formula is C12H8O3. The first-order chi connectivity index (χ1) is 7.18. The molecule has 0 amide bonds. The molecule has 3 nitrogen and oxygen atoms in total. The normalized spacial score (nSPS) is 10.1. The highest BCUT2D eigenvalue weighted by Gasteiger charge is 2.06. The minimum absolute atomic E-state index is 0.198. The molecule has 0 bridgehead atoms. The average Bonchev–Trinajstić information content (AvgIpc) is 2.39. The first kappa shape index (κ1) is 9.40. The Balaban J connectivity index is 2.91. The van der Waals surface area contributed by atoms with Gasteiger partial charge in [0, 0.05) is 0 Å². The van der Waals surface area contributed by atoms with Crippen molar-refractivity contribution >= 4 is 16.7 Å². The molecule has 0 saturated carbocycles. The second-order valence-electron chi connectivity index (χ2n) is 3.19. The lowest BCUT2D eigenvalue weighted by Crippen LogP contribution is -2.10. The number of hydrogen-bond donors (Lipinski definition) is 1. The molecule has 15 heavy (non-hydrogen) atoms. The van der Waals surface area contributed by atoms with Gasteiger partial charge in [-0.05, 0) is 22.9 Å². The zero-order valence-electron chi connectivity index (χ0n) is 7.81. The molecule has 0 aromatic heterocycles. The first-order valence-corrected chi connectivity index (χ1v) is 4.45. The number of hydrogen-bond acceptors (Lipinski definition) is 2. The average molecular weight is 200 g/mol. The number of carbonyl (C=O) groups is 1. The van der Waals surface area contributed by atoms with E-state index in [2.05, 4.69) is 0 Å². The molecule has 0 spiro atoms. The smallest absolute Gasteiger partial charge is 0.339 e. The van der Waals surface area contributed by atoms with E-state index in [0.29, 0.717) is 0 Å². The van der Waals surface area contributed by atoms with Crippen molar-refractivity contribution in [3.05, 3.63) is 58.3 Å². The third-order valence-electron chi connectivity index (χ3n) is 2.21. The van der Waals surface area contributed by atoms with Crippen LogP contribution in [-0.2, 0) is 0 Å². The predicted octanol–water partition coefficient (Wildman–Crippen LogP) is 1.90. The van der Waals surface area contributed by atoms with Crippen LogP contribution >= 0.6 is 0 Å². The van der Waals surface area contributed by atoms with Crippen molar-refractivity contribution in [2.75, 3.05) is 0 Å². The van der Waals surface area contributed by atoms with Crippen LogP contribution in [0, 0.1) is 0 Å². The second kappa shape index (κ2) is 3.53. The Morgan fingerprint density at radius 2 is 1.67 bits per heavy atom. The van der Waals surface area contributed by atoms with Gasteiger partial charge in [-0.2, -0.15) is 0 Å². The molecule has 2 aromatic rings. The number of carboxylic acid groups (broad SMARTS) is 1. The lowest BCUT2D eigenvalue weighted by Gasteiger charge is -1.90. The summed E-state index contributed by atoms with van der Waals surface area (Å²) in [5.74, 6) is -1.19. The molecule has 2 aromatic carbocycles. The molecule has 74 valence electrons. The number of benzene rings is 1. The van der Waals surface area contributed by atoms with E-state index < -0.39 is 11.4 Å². The summed E-state index contributed by atoms with van der Waals surface area (Å²) in [5, 5.41) is 10.4. The zero-order chi connectivity index (χ0) is 10.8. The summed E-state index contributed by atoms with van der Waals surface area (Å²) in [4.78, 5) is 22.2. The van der Waals surface area contributed by atoms with E-state index in [1.165, 1.54) is 12.1 Å².